The van der Waals surface area contributed by atoms with Crippen LogP contribution in [0.4, 0.5) is 0 Å². The summed E-state index contributed by atoms with van der Waals surface area (Å²) in [6.07, 6.45) is 0. The van der Waals surface area contributed by atoms with Crippen LogP contribution >= 0.6 is 34.3 Å². The van der Waals surface area contributed by atoms with Crippen molar-refractivity contribution in [3.05, 3.63) is 69.4 Å². The first kappa shape index (κ1) is 13.8. The minimum Gasteiger partial charge on any atom is -0.381 e. The summed E-state index contributed by atoms with van der Waals surface area (Å²) in [5, 5.41) is 15.7. The zero-order valence-corrected chi connectivity index (χ0v) is 13.2. The van der Waals surface area contributed by atoms with Crippen LogP contribution in [-0.4, -0.2) is 5.11 Å². The van der Waals surface area contributed by atoms with Crippen LogP contribution in [0.1, 0.15) is 18.1 Å². The Hall–Kier alpha value is -1.13. The molecule has 20 heavy (non-hydrogen) atoms. The van der Waals surface area contributed by atoms with Crippen molar-refractivity contribution < 1.29 is 5.11 Å². The molecule has 1 N–H and O–H groups in total. The fourth-order valence-electron chi connectivity index (χ4n) is 2.24. The van der Waals surface area contributed by atoms with Crippen LogP contribution in [0.25, 0.3) is 9.75 Å². The Bertz CT molecular complexity index is 714. The fraction of sp³-hybridized carbons (Fsp3) is 0.125. The molecular weight excluding hydrogens is 308 g/mol. The highest BCUT2D eigenvalue weighted by Crippen LogP contribution is 2.41. The molecule has 102 valence electrons. The standard InChI is InChI=1S/C16H13ClOS2/c1-16(18,11-4-2-5-12(17)10-11)13-7-9-20-15(13)14-6-3-8-19-14/h2-10,18H,1H3. The van der Waals surface area contributed by atoms with Gasteiger partial charge in [0.15, 0.2) is 0 Å². The summed E-state index contributed by atoms with van der Waals surface area (Å²) in [5.74, 6) is 0. The van der Waals surface area contributed by atoms with Gasteiger partial charge in [0.25, 0.3) is 0 Å². The van der Waals surface area contributed by atoms with Crippen molar-refractivity contribution in [2.45, 2.75) is 12.5 Å². The molecule has 3 aromatic rings. The predicted octanol–water partition coefficient (Wildman–Crippen LogP) is 5.39. The van der Waals surface area contributed by atoms with Gasteiger partial charge in [0.05, 0.1) is 4.88 Å². The Balaban J connectivity index is 2.11. The molecule has 4 heteroatoms. The monoisotopic (exact) mass is 320 g/mol. The highest BCUT2D eigenvalue weighted by atomic mass is 35.5. The largest absolute Gasteiger partial charge is 0.381 e. The number of hydrogen-bond donors (Lipinski definition) is 1. The van der Waals surface area contributed by atoms with Crippen LogP contribution in [0.5, 0.6) is 0 Å². The average molecular weight is 321 g/mol. The Morgan fingerprint density at radius 3 is 2.60 bits per heavy atom. The highest BCUT2D eigenvalue weighted by molar-refractivity contribution is 7.20. The molecule has 0 spiro atoms. The van der Waals surface area contributed by atoms with Gasteiger partial charge in [0.1, 0.15) is 5.60 Å². The predicted molar refractivity (Wildman–Crippen MR) is 87.8 cm³/mol. The second kappa shape index (κ2) is 5.34. The lowest BCUT2D eigenvalue weighted by molar-refractivity contribution is 0.103. The third-order valence-electron chi connectivity index (χ3n) is 3.32. The van der Waals surface area contributed by atoms with Crippen LogP contribution in [0.2, 0.25) is 5.02 Å². The lowest BCUT2D eigenvalue weighted by atomic mass is 9.88. The zero-order valence-electron chi connectivity index (χ0n) is 10.8. The number of benzene rings is 1. The smallest absolute Gasteiger partial charge is 0.113 e. The molecule has 1 atom stereocenters. The second-order valence-electron chi connectivity index (χ2n) is 4.72. The van der Waals surface area contributed by atoms with E-state index >= 15 is 0 Å². The molecule has 1 nitrogen and oxygen atoms in total. The van der Waals surface area contributed by atoms with Crippen LogP contribution in [-0.2, 0) is 5.60 Å². The normalized spacial score (nSPS) is 14.2. The van der Waals surface area contributed by atoms with Gasteiger partial charge in [-0.1, -0.05) is 29.8 Å². The second-order valence-corrected chi connectivity index (χ2v) is 7.02. The Morgan fingerprint density at radius 1 is 1.05 bits per heavy atom. The minimum absolute atomic E-state index is 0.635. The molecular formula is C16H13ClOS2. The van der Waals surface area contributed by atoms with E-state index < -0.39 is 5.60 Å². The Morgan fingerprint density at radius 2 is 1.90 bits per heavy atom. The molecule has 0 aliphatic carbocycles. The maximum Gasteiger partial charge on any atom is 0.113 e. The van der Waals surface area contributed by atoms with Gasteiger partial charge in [0, 0.05) is 15.5 Å². The van der Waals surface area contributed by atoms with E-state index in [1.807, 2.05) is 54.1 Å². The first-order valence-electron chi connectivity index (χ1n) is 6.19. The maximum absolute atomic E-state index is 11.0. The molecule has 3 rings (SSSR count). The van der Waals surface area contributed by atoms with Crippen molar-refractivity contribution in [1.29, 1.82) is 0 Å². The van der Waals surface area contributed by atoms with Gasteiger partial charge in [-0.3, -0.25) is 0 Å². The molecule has 0 saturated carbocycles. The molecule has 2 aromatic heterocycles. The first-order valence-corrected chi connectivity index (χ1v) is 8.33. The lowest BCUT2D eigenvalue weighted by Gasteiger charge is -2.25. The molecule has 0 fully saturated rings. The van der Waals surface area contributed by atoms with Crippen molar-refractivity contribution in [3.8, 4) is 9.75 Å². The van der Waals surface area contributed by atoms with E-state index in [4.69, 9.17) is 11.6 Å². The molecule has 1 aromatic carbocycles. The topological polar surface area (TPSA) is 20.2 Å². The molecule has 0 aliphatic rings. The van der Waals surface area contributed by atoms with E-state index in [0.29, 0.717) is 5.02 Å². The van der Waals surface area contributed by atoms with Gasteiger partial charge in [-0.05, 0) is 47.5 Å². The minimum atomic E-state index is -1.05. The molecule has 0 bridgehead atoms. The van der Waals surface area contributed by atoms with E-state index in [0.717, 1.165) is 16.0 Å². The third kappa shape index (κ3) is 2.42. The number of hydrogen-bond acceptors (Lipinski definition) is 3. The van der Waals surface area contributed by atoms with Gasteiger partial charge in [-0.15, -0.1) is 22.7 Å². The lowest BCUT2D eigenvalue weighted by Crippen LogP contribution is -2.22. The average Bonchev–Trinajstić information content (AvgIpc) is 3.09. The molecule has 2 heterocycles. The van der Waals surface area contributed by atoms with E-state index in [9.17, 15) is 5.11 Å². The van der Waals surface area contributed by atoms with Gasteiger partial charge < -0.3 is 5.11 Å². The number of thiophene rings is 2. The van der Waals surface area contributed by atoms with Crippen LogP contribution < -0.4 is 0 Å². The van der Waals surface area contributed by atoms with Crippen LogP contribution in [0, 0.1) is 0 Å². The summed E-state index contributed by atoms with van der Waals surface area (Å²) in [6.45, 7) is 1.82. The number of aliphatic hydroxyl groups is 1. The Labute approximate surface area is 131 Å². The number of rotatable bonds is 3. The molecule has 1 unspecified atom stereocenters. The molecule has 0 radical (unpaired) electrons. The van der Waals surface area contributed by atoms with Crippen LogP contribution in [0.3, 0.4) is 0 Å². The van der Waals surface area contributed by atoms with Gasteiger partial charge >= 0.3 is 0 Å². The number of halogens is 1. The summed E-state index contributed by atoms with van der Waals surface area (Å²) in [5.41, 5.74) is 0.679. The zero-order chi connectivity index (χ0) is 14.2. The van der Waals surface area contributed by atoms with Crippen LogP contribution in [0.15, 0.2) is 53.2 Å². The van der Waals surface area contributed by atoms with E-state index in [2.05, 4.69) is 6.07 Å². The summed E-state index contributed by atoms with van der Waals surface area (Å²) < 4.78 is 0. The van der Waals surface area contributed by atoms with Crippen molar-refractivity contribution in [1.82, 2.24) is 0 Å². The molecule has 0 amide bonds. The summed E-state index contributed by atoms with van der Waals surface area (Å²) in [4.78, 5) is 2.29. The highest BCUT2D eigenvalue weighted by Gasteiger charge is 2.29. The third-order valence-corrected chi connectivity index (χ3v) is 5.52. The SMILES string of the molecule is CC(O)(c1cccc(Cl)c1)c1ccsc1-c1cccs1. The van der Waals surface area contributed by atoms with Crippen molar-refractivity contribution in [3.63, 3.8) is 0 Å². The van der Waals surface area contributed by atoms with Crippen molar-refractivity contribution in [2.75, 3.05) is 0 Å². The summed E-state index contributed by atoms with van der Waals surface area (Å²) in [7, 11) is 0. The van der Waals surface area contributed by atoms with Crippen molar-refractivity contribution >= 4 is 34.3 Å². The maximum atomic E-state index is 11.0. The first-order chi connectivity index (χ1) is 9.59. The quantitative estimate of drug-likeness (QED) is 0.686. The van der Waals surface area contributed by atoms with Crippen molar-refractivity contribution in [2.24, 2.45) is 0 Å². The van der Waals surface area contributed by atoms with Gasteiger partial charge in [0.2, 0.25) is 0 Å². The Kier molecular flexibility index (Phi) is 3.69. The van der Waals surface area contributed by atoms with Gasteiger partial charge in [-0.2, -0.15) is 0 Å². The summed E-state index contributed by atoms with van der Waals surface area (Å²) >= 11 is 9.38. The molecule has 0 aliphatic heterocycles. The van der Waals surface area contributed by atoms with Gasteiger partial charge in [-0.25, -0.2) is 0 Å². The van der Waals surface area contributed by atoms with E-state index in [1.54, 1.807) is 22.7 Å². The summed E-state index contributed by atoms with van der Waals surface area (Å²) in [6, 6.07) is 13.5. The fourth-order valence-corrected chi connectivity index (χ4v) is 4.31. The molecule has 0 saturated heterocycles. The van der Waals surface area contributed by atoms with E-state index in [-0.39, 0.29) is 0 Å². The van der Waals surface area contributed by atoms with E-state index in [1.165, 1.54) is 4.88 Å².